The molecule has 0 unspecified atom stereocenters. The van der Waals surface area contributed by atoms with Crippen LogP contribution in [0.3, 0.4) is 0 Å². The Bertz CT molecular complexity index is 1080. The molecule has 0 radical (unpaired) electrons. The van der Waals surface area contributed by atoms with Gasteiger partial charge in [0, 0.05) is 16.8 Å². The van der Waals surface area contributed by atoms with E-state index < -0.39 is 18.5 Å². The van der Waals surface area contributed by atoms with Gasteiger partial charge in [-0.05, 0) is 30.0 Å². The number of esters is 1. The number of anilines is 1. The van der Waals surface area contributed by atoms with E-state index in [0.717, 1.165) is 12.0 Å². The third-order valence-corrected chi connectivity index (χ3v) is 5.14. The van der Waals surface area contributed by atoms with Crippen LogP contribution in [0, 0.1) is 0 Å². The number of ether oxygens (including phenoxy) is 1. The van der Waals surface area contributed by atoms with Gasteiger partial charge in [0.1, 0.15) is 0 Å². The molecule has 3 aromatic rings. The van der Waals surface area contributed by atoms with Gasteiger partial charge in [0.2, 0.25) is 0 Å². The SMILES string of the molecule is CC[C@H](C)c1ccccc1NC(=O)COC(=O)c1ccccc1C(=O)c1ccccc1. The normalized spacial score (nSPS) is 11.4. The van der Waals surface area contributed by atoms with Crippen LogP contribution in [0.15, 0.2) is 78.9 Å². The summed E-state index contributed by atoms with van der Waals surface area (Å²) in [5.41, 5.74) is 2.58. The summed E-state index contributed by atoms with van der Waals surface area (Å²) in [5, 5.41) is 2.81. The molecule has 3 aromatic carbocycles. The van der Waals surface area contributed by atoms with Crippen LogP contribution in [-0.2, 0) is 9.53 Å². The summed E-state index contributed by atoms with van der Waals surface area (Å²) in [4.78, 5) is 37.8. The van der Waals surface area contributed by atoms with E-state index in [-0.39, 0.29) is 22.8 Å². The van der Waals surface area contributed by atoms with E-state index in [2.05, 4.69) is 19.2 Å². The largest absolute Gasteiger partial charge is 0.452 e. The molecular weight excluding hydrogens is 390 g/mol. The second kappa shape index (κ2) is 10.3. The smallest absolute Gasteiger partial charge is 0.339 e. The molecule has 3 rings (SSSR count). The van der Waals surface area contributed by atoms with Crippen molar-refractivity contribution in [1.29, 1.82) is 0 Å². The van der Waals surface area contributed by atoms with Crippen molar-refractivity contribution in [1.82, 2.24) is 0 Å². The Morgan fingerprint density at radius 1 is 0.839 bits per heavy atom. The number of amides is 1. The molecule has 0 spiro atoms. The third-order valence-electron chi connectivity index (χ3n) is 5.14. The monoisotopic (exact) mass is 415 g/mol. The van der Waals surface area contributed by atoms with Crippen LogP contribution in [0.1, 0.15) is 58.0 Å². The van der Waals surface area contributed by atoms with Crippen molar-refractivity contribution in [3.63, 3.8) is 0 Å². The van der Waals surface area contributed by atoms with Crippen LogP contribution in [0.2, 0.25) is 0 Å². The molecule has 1 N–H and O–H groups in total. The standard InChI is InChI=1S/C26H25NO4/c1-3-18(2)20-13-9-10-16-23(20)27-24(28)17-31-26(30)22-15-8-7-14-21(22)25(29)19-11-5-4-6-12-19/h4-16,18H,3,17H2,1-2H3,(H,27,28)/t18-/m0/s1. The highest BCUT2D eigenvalue weighted by atomic mass is 16.5. The Morgan fingerprint density at radius 3 is 2.16 bits per heavy atom. The average Bonchev–Trinajstić information content (AvgIpc) is 2.82. The number of nitrogens with one attached hydrogen (secondary N) is 1. The van der Waals surface area contributed by atoms with Crippen molar-refractivity contribution in [3.8, 4) is 0 Å². The molecule has 0 saturated heterocycles. The van der Waals surface area contributed by atoms with Crippen molar-refractivity contribution < 1.29 is 19.1 Å². The fraction of sp³-hybridized carbons (Fsp3) is 0.192. The molecule has 158 valence electrons. The van der Waals surface area contributed by atoms with Gasteiger partial charge in [-0.2, -0.15) is 0 Å². The number of hydrogen-bond donors (Lipinski definition) is 1. The molecule has 5 nitrogen and oxygen atoms in total. The summed E-state index contributed by atoms with van der Waals surface area (Å²) in [5.74, 6) is -1.14. The zero-order valence-electron chi connectivity index (χ0n) is 17.6. The van der Waals surface area contributed by atoms with E-state index in [1.54, 1.807) is 42.5 Å². The van der Waals surface area contributed by atoms with Gasteiger partial charge in [0.25, 0.3) is 5.91 Å². The maximum atomic E-state index is 12.8. The van der Waals surface area contributed by atoms with Crippen LogP contribution >= 0.6 is 0 Å². The molecule has 0 bridgehead atoms. The summed E-state index contributed by atoms with van der Waals surface area (Å²) in [6.07, 6.45) is 0.939. The number of para-hydroxylation sites is 1. The molecule has 0 heterocycles. The molecule has 31 heavy (non-hydrogen) atoms. The van der Waals surface area contributed by atoms with Crippen molar-refractivity contribution >= 4 is 23.3 Å². The predicted molar refractivity (Wildman–Crippen MR) is 120 cm³/mol. The molecule has 0 aliphatic rings. The maximum Gasteiger partial charge on any atom is 0.339 e. The van der Waals surface area contributed by atoms with E-state index >= 15 is 0 Å². The second-order valence-electron chi connectivity index (χ2n) is 7.26. The first-order chi connectivity index (χ1) is 15.0. The Balaban J connectivity index is 1.68. The van der Waals surface area contributed by atoms with Crippen LogP contribution in [-0.4, -0.2) is 24.3 Å². The first-order valence-electron chi connectivity index (χ1n) is 10.3. The number of rotatable bonds is 8. The van der Waals surface area contributed by atoms with Crippen LogP contribution < -0.4 is 5.32 Å². The summed E-state index contributed by atoms with van der Waals surface area (Å²) in [7, 11) is 0. The molecule has 5 heteroatoms. The van der Waals surface area contributed by atoms with E-state index in [4.69, 9.17) is 4.74 Å². The van der Waals surface area contributed by atoms with Gasteiger partial charge in [-0.15, -0.1) is 0 Å². The topological polar surface area (TPSA) is 72.5 Å². The minimum Gasteiger partial charge on any atom is -0.452 e. The van der Waals surface area contributed by atoms with Crippen molar-refractivity contribution in [2.45, 2.75) is 26.2 Å². The van der Waals surface area contributed by atoms with Gasteiger partial charge < -0.3 is 10.1 Å². The first-order valence-corrected chi connectivity index (χ1v) is 10.3. The molecule has 0 aliphatic heterocycles. The third kappa shape index (κ3) is 5.45. The van der Waals surface area contributed by atoms with Gasteiger partial charge in [0.05, 0.1) is 5.56 Å². The first kappa shape index (κ1) is 22.0. The van der Waals surface area contributed by atoms with Crippen molar-refractivity contribution in [2.75, 3.05) is 11.9 Å². The van der Waals surface area contributed by atoms with Gasteiger partial charge in [0.15, 0.2) is 12.4 Å². The summed E-state index contributed by atoms with van der Waals surface area (Å²) < 4.78 is 5.21. The van der Waals surface area contributed by atoms with E-state index in [9.17, 15) is 14.4 Å². The van der Waals surface area contributed by atoms with Crippen LogP contribution in [0.25, 0.3) is 0 Å². The Kier molecular flexibility index (Phi) is 7.33. The number of carbonyl (C=O) groups excluding carboxylic acids is 3. The van der Waals surface area contributed by atoms with Crippen molar-refractivity contribution in [3.05, 3.63) is 101 Å². The fourth-order valence-corrected chi connectivity index (χ4v) is 3.26. The minimum absolute atomic E-state index is 0.129. The number of benzene rings is 3. The lowest BCUT2D eigenvalue weighted by atomic mass is 9.97. The van der Waals surface area contributed by atoms with E-state index in [0.29, 0.717) is 11.3 Å². The lowest BCUT2D eigenvalue weighted by Gasteiger charge is -2.15. The Labute approximate surface area is 182 Å². The summed E-state index contributed by atoms with van der Waals surface area (Å²) in [6.45, 7) is 3.73. The van der Waals surface area contributed by atoms with Crippen molar-refractivity contribution in [2.24, 2.45) is 0 Å². The number of ketones is 1. The molecule has 0 aliphatic carbocycles. The molecule has 1 amide bonds. The maximum absolute atomic E-state index is 12.8. The summed E-state index contributed by atoms with van der Waals surface area (Å²) in [6, 6.07) is 22.7. The second-order valence-corrected chi connectivity index (χ2v) is 7.26. The van der Waals surface area contributed by atoms with Gasteiger partial charge >= 0.3 is 5.97 Å². The highest BCUT2D eigenvalue weighted by Gasteiger charge is 2.20. The Hall–Kier alpha value is -3.73. The highest BCUT2D eigenvalue weighted by Crippen LogP contribution is 2.26. The zero-order chi connectivity index (χ0) is 22.2. The fourth-order valence-electron chi connectivity index (χ4n) is 3.26. The lowest BCUT2D eigenvalue weighted by Crippen LogP contribution is -2.22. The lowest BCUT2D eigenvalue weighted by molar-refractivity contribution is -0.119. The highest BCUT2D eigenvalue weighted by molar-refractivity contribution is 6.14. The zero-order valence-corrected chi connectivity index (χ0v) is 17.6. The number of hydrogen-bond acceptors (Lipinski definition) is 4. The van der Waals surface area contributed by atoms with Gasteiger partial charge in [-0.1, -0.05) is 80.6 Å². The molecular formula is C26H25NO4. The molecule has 0 aromatic heterocycles. The molecule has 0 saturated carbocycles. The van der Waals surface area contributed by atoms with Gasteiger partial charge in [-0.25, -0.2) is 4.79 Å². The number of carbonyl (C=O) groups is 3. The van der Waals surface area contributed by atoms with Crippen LogP contribution in [0.5, 0.6) is 0 Å². The minimum atomic E-state index is -0.717. The average molecular weight is 415 g/mol. The van der Waals surface area contributed by atoms with Crippen LogP contribution in [0.4, 0.5) is 5.69 Å². The quantitative estimate of drug-likeness (QED) is 0.404. The molecule has 1 atom stereocenters. The Morgan fingerprint density at radius 2 is 1.45 bits per heavy atom. The van der Waals surface area contributed by atoms with Gasteiger partial charge in [-0.3, -0.25) is 9.59 Å². The molecule has 0 fully saturated rings. The van der Waals surface area contributed by atoms with E-state index in [1.165, 1.54) is 6.07 Å². The predicted octanol–water partition coefficient (Wildman–Crippen LogP) is 5.23. The summed E-state index contributed by atoms with van der Waals surface area (Å²) >= 11 is 0. The van der Waals surface area contributed by atoms with E-state index in [1.807, 2.05) is 30.3 Å².